The third kappa shape index (κ3) is 5.71. The van der Waals surface area contributed by atoms with E-state index in [0.29, 0.717) is 12.6 Å². The van der Waals surface area contributed by atoms with Crippen LogP contribution in [0, 0.1) is 6.92 Å². The largest absolute Gasteiger partial charge is 0.386 e. The second-order valence-electron chi connectivity index (χ2n) is 7.00. The van der Waals surface area contributed by atoms with Gasteiger partial charge in [0, 0.05) is 25.7 Å². The molecule has 1 aliphatic heterocycles. The van der Waals surface area contributed by atoms with Gasteiger partial charge in [-0.15, -0.1) is 11.3 Å². The molecule has 1 unspecified atom stereocenters. The summed E-state index contributed by atoms with van der Waals surface area (Å²) in [5.74, 6) is 0.790. The quantitative estimate of drug-likeness (QED) is 0.527. The van der Waals surface area contributed by atoms with E-state index in [1.165, 1.54) is 10.6 Å². The second kappa shape index (κ2) is 9.76. The van der Waals surface area contributed by atoms with Crippen LogP contribution in [0.15, 0.2) is 46.8 Å². The van der Waals surface area contributed by atoms with Crippen LogP contribution in [0.5, 0.6) is 0 Å². The molecule has 0 saturated carbocycles. The number of aliphatic hydroxyl groups is 1. The van der Waals surface area contributed by atoms with E-state index in [1.807, 2.05) is 31.2 Å². The summed E-state index contributed by atoms with van der Waals surface area (Å²) in [4.78, 5) is 7.06. The number of rotatable bonds is 6. The van der Waals surface area contributed by atoms with Crippen LogP contribution >= 0.6 is 11.3 Å². The summed E-state index contributed by atoms with van der Waals surface area (Å²) in [6.07, 6.45) is 1.59. The summed E-state index contributed by atoms with van der Waals surface area (Å²) in [5, 5.41) is 20.7. The lowest BCUT2D eigenvalue weighted by molar-refractivity contribution is 0.187. The average Bonchev–Trinajstić information content (AvgIpc) is 3.22. The molecule has 27 heavy (non-hydrogen) atoms. The van der Waals surface area contributed by atoms with Crippen molar-refractivity contribution in [1.29, 1.82) is 0 Å². The summed E-state index contributed by atoms with van der Waals surface area (Å²) < 4.78 is 0. The number of nitrogens with zero attached hydrogens (tertiary/aromatic N) is 2. The summed E-state index contributed by atoms with van der Waals surface area (Å²) in [6, 6.07) is 12.7. The SMILES string of the molecule is CCNC(=NCC(O)c1ccc(C)cc1)NC1CCN(c2cccs2)CC1. The van der Waals surface area contributed by atoms with E-state index in [0.717, 1.165) is 44.0 Å². The van der Waals surface area contributed by atoms with Crippen LogP contribution in [0.1, 0.15) is 37.0 Å². The first kappa shape index (κ1) is 19.7. The number of anilines is 1. The Bertz CT molecular complexity index is 706. The molecule has 1 aromatic carbocycles. The molecule has 1 aliphatic rings. The Hall–Kier alpha value is -2.05. The van der Waals surface area contributed by atoms with E-state index in [1.54, 1.807) is 11.3 Å². The van der Waals surface area contributed by atoms with E-state index in [4.69, 9.17) is 0 Å². The van der Waals surface area contributed by atoms with Crippen LogP contribution in [0.25, 0.3) is 0 Å². The Balaban J connectivity index is 1.52. The van der Waals surface area contributed by atoms with Crippen LogP contribution in [0.2, 0.25) is 0 Å². The second-order valence-corrected chi connectivity index (χ2v) is 7.93. The van der Waals surface area contributed by atoms with Crippen molar-refractivity contribution in [3.63, 3.8) is 0 Å². The first-order valence-corrected chi connectivity index (χ1v) is 10.6. The Morgan fingerprint density at radius 3 is 2.63 bits per heavy atom. The summed E-state index contributed by atoms with van der Waals surface area (Å²) >= 11 is 1.80. The summed E-state index contributed by atoms with van der Waals surface area (Å²) in [6.45, 7) is 7.39. The molecule has 0 radical (unpaired) electrons. The lowest BCUT2D eigenvalue weighted by Crippen LogP contribution is -2.48. The molecule has 1 atom stereocenters. The van der Waals surface area contributed by atoms with Crippen molar-refractivity contribution in [2.45, 2.75) is 38.8 Å². The van der Waals surface area contributed by atoms with Gasteiger partial charge in [-0.25, -0.2) is 0 Å². The highest BCUT2D eigenvalue weighted by atomic mass is 32.1. The van der Waals surface area contributed by atoms with E-state index in [9.17, 15) is 5.11 Å². The average molecular weight is 387 g/mol. The standard InChI is InChI=1S/C21H30N4OS/c1-3-22-21(23-15-19(26)17-8-6-16(2)7-9-17)24-18-10-12-25(13-11-18)20-5-4-14-27-20/h4-9,14,18-19,26H,3,10-13,15H2,1-2H3,(H2,22,23,24). The molecule has 1 fully saturated rings. The topological polar surface area (TPSA) is 59.9 Å². The number of aliphatic imine (C=N–C) groups is 1. The number of aliphatic hydroxyl groups excluding tert-OH is 1. The fourth-order valence-electron chi connectivity index (χ4n) is 3.28. The van der Waals surface area contributed by atoms with Crippen LogP contribution < -0.4 is 15.5 Å². The van der Waals surface area contributed by atoms with E-state index in [-0.39, 0.29) is 0 Å². The van der Waals surface area contributed by atoms with Crippen molar-refractivity contribution in [2.75, 3.05) is 31.1 Å². The van der Waals surface area contributed by atoms with Gasteiger partial charge in [-0.2, -0.15) is 0 Å². The maximum Gasteiger partial charge on any atom is 0.191 e. The van der Waals surface area contributed by atoms with Gasteiger partial charge in [-0.1, -0.05) is 29.8 Å². The minimum atomic E-state index is -0.582. The highest BCUT2D eigenvalue weighted by Gasteiger charge is 2.20. The molecule has 6 heteroatoms. The van der Waals surface area contributed by atoms with Crippen molar-refractivity contribution in [1.82, 2.24) is 10.6 Å². The zero-order valence-electron chi connectivity index (χ0n) is 16.2. The highest BCUT2D eigenvalue weighted by Crippen LogP contribution is 2.24. The Morgan fingerprint density at radius 2 is 2.00 bits per heavy atom. The molecule has 2 aromatic rings. The predicted octanol–water partition coefficient (Wildman–Crippen LogP) is 3.31. The Labute approximate surface area is 166 Å². The monoisotopic (exact) mass is 386 g/mol. The molecule has 146 valence electrons. The van der Waals surface area contributed by atoms with Crippen LogP contribution in [0.3, 0.4) is 0 Å². The van der Waals surface area contributed by atoms with Gasteiger partial charge < -0.3 is 20.6 Å². The van der Waals surface area contributed by atoms with E-state index < -0.39 is 6.10 Å². The van der Waals surface area contributed by atoms with Gasteiger partial charge in [0.25, 0.3) is 0 Å². The summed E-state index contributed by atoms with van der Waals surface area (Å²) in [5.41, 5.74) is 2.10. The number of thiophene rings is 1. The molecule has 0 spiro atoms. The van der Waals surface area contributed by atoms with Crippen molar-refractivity contribution >= 4 is 22.3 Å². The predicted molar refractivity (Wildman–Crippen MR) is 115 cm³/mol. The fraction of sp³-hybridized carbons (Fsp3) is 0.476. The molecular formula is C21H30N4OS. The molecule has 0 bridgehead atoms. The first-order valence-electron chi connectivity index (χ1n) is 9.73. The summed E-state index contributed by atoms with van der Waals surface area (Å²) in [7, 11) is 0. The first-order chi connectivity index (χ1) is 13.2. The molecular weight excluding hydrogens is 356 g/mol. The van der Waals surface area contributed by atoms with Crippen LogP contribution in [-0.2, 0) is 0 Å². The fourth-order valence-corrected chi connectivity index (χ4v) is 4.06. The van der Waals surface area contributed by atoms with E-state index in [2.05, 4.69) is 45.0 Å². The third-order valence-electron chi connectivity index (χ3n) is 4.88. The Morgan fingerprint density at radius 1 is 1.26 bits per heavy atom. The zero-order valence-corrected chi connectivity index (χ0v) is 17.0. The smallest absolute Gasteiger partial charge is 0.191 e. The molecule has 5 nitrogen and oxygen atoms in total. The molecule has 0 aliphatic carbocycles. The lowest BCUT2D eigenvalue weighted by atomic mass is 10.1. The maximum absolute atomic E-state index is 10.4. The highest BCUT2D eigenvalue weighted by molar-refractivity contribution is 7.14. The maximum atomic E-state index is 10.4. The number of guanidine groups is 1. The van der Waals surface area contributed by atoms with Gasteiger partial charge in [-0.3, -0.25) is 4.99 Å². The van der Waals surface area contributed by atoms with Gasteiger partial charge in [0.05, 0.1) is 17.6 Å². The normalized spacial score (nSPS) is 17.0. The van der Waals surface area contributed by atoms with Crippen molar-refractivity contribution < 1.29 is 5.11 Å². The van der Waals surface area contributed by atoms with Crippen molar-refractivity contribution in [3.8, 4) is 0 Å². The van der Waals surface area contributed by atoms with Crippen LogP contribution in [-0.4, -0.2) is 43.3 Å². The lowest BCUT2D eigenvalue weighted by Gasteiger charge is -2.33. The number of nitrogens with one attached hydrogen (secondary N) is 2. The number of aryl methyl sites for hydroxylation is 1. The third-order valence-corrected chi connectivity index (χ3v) is 5.81. The number of benzene rings is 1. The van der Waals surface area contributed by atoms with Gasteiger partial charge in [0.1, 0.15) is 0 Å². The Kier molecular flexibility index (Phi) is 7.12. The molecule has 1 saturated heterocycles. The molecule has 2 heterocycles. The molecule has 1 aromatic heterocycles. The van der Waals surface area contributed by atoms with Gasteiger partial charge in [0.15, 0.2) is 5.96 Å². The number of hydrogen-bond donors (Lipinski definition) is 3. The zero-order chi connectivity index (χ0) is 19.1. The van der Waals surface area contributed by atoms with Crippen LogP contribution in [0.4, 0.5) is 5.00 Å². The molecule has 3 rings (SSSR count). The van der Waals surface area contributed by atoms with Gasteiger partial charge >= 0.3 is 0 Å². The number of hydrogen-bond acceptors (Lipinski definition) is 4. The van der Waals surface area contributed by atoms with Gasteiger partial charge in [0.2, 0.25) is 0 Å². The molecule has 3 N–H and O–H groups in total. The van der Waals surface area contributed by atoms with E-state index >= 15 is 0 Å². The number of piperidine rings is 1. The van der Waals surface area contributed by atoms with Crippen molar-refractivity contribution in [3.05, 3.63) is 52.9 Å². The van der Waals surface area contributed by atoms with Gasteiger partial charge in [-0.05, 0) is 49.8 Å². The molecule has 0 amide bonds. The minimum Gasteiger partial charge on any atom is -0.386 e. The van der Waals surface area contributed by atoms with Crippen molar-refractivity contribution in [2.24, 2.45) is 4.99 Å². The minimum absolute atomic E-state index is 0.354.